The van der Waals surface area contributed by atoms with Crippen molar-refractivity contribution in [1.29, 1.82) is 0 Å². The van der Waals surface area contributed by atoms with Crippen LogP contribution in [0.1, 0.15) is 28.9 Å². The Balaban J connectivity index is 1.86. The summed E-state index contributed by atoms with van der Waals surface area (Å²) in [5.74, 6) is -1.85. The largest absolute Gasteiger partial charge is 0.376 e. The fourth-order valence-corrected chi connectivity index (χ4v) is 3.90. The maximum Gasteiger partial charge on any atom is 0.255 e. The van der Waals surface area contributed by atoms with Crippen molar-refractivity contribution in [2.45, 2.75) is 19.1 Å². The predicted molar refractivity (Wildman–Crippen MR) is 105 cm³/mol. The first kappa shape index (κ1) is 21.0. The van der Waals surface area contributed by atoms with E-state index in [2.05, 4.69) is 5.32 Å². The Morgan fingerprint density at radius 3 is 2.54 bits per heavy atom. The SMILES string of the molecule is CC1CN(C(CNC(=O)c2c(F)cccc2Cl)c2c(F)cccc2Cl)CCO1. The van der Waals surface area contributed by atoms with Gasteiger partial charge in [0.05, 0.1) is 29.3 Å². The molecule has 1 amide bonds. The molecule has 1 saturated heterocycles. The van der Waals surface area contributed by atoms with Crippen molar-refractivity contribution in [2.75, 3.05) is 26.2 Å². The number of halogens is 4. The molecule has 2 unspecified atom stereocenters. The fourth-order valence-electron chi connectivity index (χ4n) is 3.36. The molecule has 0 spiro atoms. The van der Waals surface area contributed by atoms with E-state index in [0.717, 1.165) is 6.07 Å². The van der Waals surface area contributed by atoms with Crippen LogP contribution in [0, 0.1) is 11.6 Å². The van der Waals surface area contributed by atoms with Crippen LogP contribution in [0.2, 0.25) is 10.0 Å². The van der Waals surface area contributed by atoms with Crippen molar-refractivity contribution < 1.29 is 18.3 Å². The molecule has 150 valence electrons. The summed E-state index contributed by atoms with van der Waals surface area (Å²) in [6.45, 7) is 3.54. The highest BCUT2D eigenvalue weighted by atomic mass is 35.5. The van der Waals surface area contributed by atoms with E-state index in [1.807, 2.05) is 11.8 Å². The summed E-state index contributed by atoms with van der Waals surface area (Å²) in [4.78, 5) is 14.5. The summed E-state index contributed by atoms with van der Waals surface area (Å²) in [7, 11) is 0. The van der Waals surface area contributed by atoms with E-state index in [9.17, 15) is 13.6 Å². The van der Waals surface area contributed by atoms with Gasteiger partial charge in [-0.3, -0.25) is 9.69 Å². The molecule has 1 aliphatic heterocycles. The maximum absolute atomic E-state index is 14.6. The van der Waals surface area contributed by atoms with E-state index in [1.165, 1.54) is 24.3 Å². The van der Waals surface area contributed by atoms with Crippen LogP contribution in [-0.2, 0) is 4.74 Å². The van der Waals surface area contributed by atoms with Crippen molar-refractivity contribution >= 4 is 29.1 Å². The Hall–Kier alpha value is -1.73. The van der Waals surface area contributed by atoms with Crippen LogP contribution in [0.4, 0.5) is 8.78 Å². The first-order chi connectivity index (χ1) is 13.4. The highest BCUT2D eigenvalue weighted by molar-refractivity contribution is 6.33. The van der Waals surface area contributed by atoms with Crippen LogP contribution in [0.15, 0.2) is 36.4 Å². The van der Waals surface area contributed by atoms with Crippen molar-refractivity contribution in [2.24, 2.45) is 0 Å². The van der Waals surface area contributed by atoms with Crippen LogP contribution >= 0.6 is 23.2 Å². The van der Waals surface area contributed by atoms with Gasteiger partial charge < -0.3 is 10.1 Å². The Bertz CT molecular complexity index is 826. The highest BCUT2D eigenvalue weighted by Gasteiger charge is 2.30. The summed E-state index contributed by atoms with van der Waals surface area (Å²) in [5.41, 5.74) is 0.0519. The quantitative estimate of drug-likeness (QED) is 0.763. The van der Waals surface area contributed by atoms with Gasteiger partial charge in [-0.2, -0.15) is 0 Å². The van der Waals surface area contributed by atoms with Gasteiger partial charge in [-0.1, -0.05) is 35.3 Å². The topological polar surface area (TPSA) is 41.6 Å². The standard InChI is InChI=1S/C20H20Cl2F2N2O2/c1-12-11-26(8-9-28-12)17(18-13(21)4-2-6-15(18)23)10-25-20(27)19-14(22)5-3-7-16(19)24/h2-7,12,17H,8-11H2,1H3,(H,25,27). The first-order valence-corrected chi connectivity index (χ1v) is 9.66. The van der Waals surface area contributed by atoms with E-state index >= 15 is 0 Å². The number of nitrogens with zero attached hydrogens (tertiary/aromatic N) is 1. The van der Waals surface area contributed by atoms with E-state index in [1.54, 1.807) is 6.07 Å². The number of morpholine rings is 1. The lowest BCUT2D eigenvalue weighted by Crippen LogP contribution is -2.47. The third-order valence-corrected chi connectivity index (χ3v) is 5.34. The van der Waals surface area contributed by atoms with Gasteiger partial charge in [-0.05, 0) is 31.2 Å². The number of carbonyl (C=O) groups excluding carboxylic acids is 1. The summed E-state index contributed by atoms with van der Waals surface area (Å²) in [5, 5.41) is 2.95. The van der Waals surface area contributed by atoms with Gasteiger partial charge in [0.2, 0.25) is 0 Å². The zero-order chi connectivity index (χ0) is 20.3. The maximum atomic E-state index is 14.6. The molecule has 2 aromatic carbocycles. The molecule has 28 heavy (non-hydrogen) atoms. The van der Waals surface area contributed by atoms with Gasteiger partial charge in [0, 0.05) is 30.2 Å². The smallest absolute Gasteiger partial charge is 0.255 e. The second-order valence-electron chi connectivity index (χ2n) is 6.63. The molecule has 1 heterocycles. The minimum Gasteiger partial charge on any atom is -0.376 e. The minimum atomic E-state index is -0.717. The summed E-state index contributed by atoms with van der Waals surface area (Å²) in [6.07, 6.45) is -0.0430. The molecule has 0 aliphatic carbocycles. The van der Waals surface area contributed by atoms with Crippen molar-refractivity contribution in [3.8, 4) is 0 Å². The number of hydrogen-bond donors (Lipinski definition) is 1. The monoisotopic (exact) mass is 428 g/mol. The number of benzene rings is 2. The zero-order valence-electron chi connectivity index (χ0n) is 15.2. The van der Waals surface area contributed by atoms with Gasteiger partial charge in [0.25, 0.3) is 5.91 Å². The van der Waals surface area contributed by atoms with Crippen molar-refractivity contribution in [3.05, 3.63) is 69.2 Å². The molecule has 0 radical (unpaired) electrons. The van der Waals surface area contributed by atoms with Gasteiger partial charge >= 0.3 is 0 Å². The number of nitrogens with one attached hydrogen (secondary N) is 1. The first-order valence-electron chi connectivity index (χ1n) is 8.90. The van der Waals surface area contributed by atoms with Gasteiger partial charge in [0.1, 0.15) is 11.6 Å². The lowest BCUT2D eigenvalue weighted by atomic mass is 10.0. The van der Waals surface area contributed by atoms with Crippen LogP contribution in [0.3, 0.4) is 0 Å². The molecule has 1 fully saturated rings. The lowest BCUT2D eigenvalue weighted by Gasteiger charge is -2.38. The lowest BCUT2D eigenvalue weighted by molar-refractivity contribution is -0.0346. The normalized spacial score (nSPS) is 18.7. The molecule has 1 aliphatic rings. The fraction of sp³-hybridized carbons (Fsp3) is 0.350. The number of ether oxygens (including phenoxy) is 1. The van der Waals surface area contributed by atoms with Gasteiger partial charge in [-0.15, -0.1) is 0 Å². The second kappa shape index (κ2) is 9.18. The van der Waals surface area contributed by atoms with E-state index in [4.69, 9.17) is 27.9 Å². The van der Waals surface area contributed by atoms with E-state index in [0.29, 0.717) is 19.7 Å². The molecule has 0 bridgehead atoms. The van der Waals surface area contributed by atoms with Gasteiger partial charge in [0.15, 0.2) is 0 Å². The Morgan fingerprint density at radius 1 is 1.21 bits per heavy atom. The summed E-state index contributed by atoms with van der Waals surface area (Å²) < 4.78 is 34.2. The van der Waals surface area contributed by atoms with Crippen LogP contribution in [-0.4, -0.2) is 43.2 Å². The molecule has 4 nitrogen and oxygen atoms in total. The molecule has 0 saturated carbocycles. The summed E-state index contributed by atoms with van der Waals surface area (Å²) in [6, 6.07) is 7.95. The predicted octanol–water partition coefficient (Wildman–Crippen LogP) is 4.46. The number of carbonyl (C=O) groups is 1. The average molecular weight is 429 g/mol. The molecule has 0 aromatic heterocycles. The second-order valence-corrected chi connectivity index (χ2v) is 7.45. The molecule has 2 atom stereocenters. The Labute approximate surface area is 172 Å². The number of rotatable bonds is 5. The van der Waals surface area contributed by atoms with Crippen molar-refractivity contribution in [1.82, 2.24) is 10.2 Å². The number of hydrogen-bond acceptors (Lipinski definition) is 3. The van der Waals surface area contributed by atoms with Crippen LogP contribution in [0.5, 0.6) is 0 Å². The molecular formula is C20H20Cl2F2N2O2. The molecule has 2 aromatic rings. The third-order valence-electron chi connectivity index (χ3n) is 4.69. The minimum absolute atomic E-state index is 0.0120. The molecule has 1 N–H and O–H groups in total. The molecule has 3 rings (SSSR count). The van der Waals surface area contributed by atoms with E-state index < -0.39 is 23.6 Å². The third kappa shape index (κ3) is 4.63. The molecule has 8 heteroatoms. The van der Waals surface area contributed by atoms with E-state index in [-0.39, 0.29) is 33.8 Å². The average Bonchev–Trinajstić information content (AvgIpc) is 2.64. The Kier molecular flexibility index (Phi) is 6.88. The number of amides is 1. The summed E-state index contributed by atoms with van der Waals surface area (Å²) >= 11 is 12.2. The van der Waals surface area contributed by atoms with Crippen LogP contribution < -0.4 is 5.32 Å². The van der Waals surface area contributed by atoms with Crippen molar-refractivity contribution in [3.63, 3.8) is 0 Å². The van der Waals surface area contributed by atoms with Crippen LogP contribution in [0.25, 0.3) is 0 Å². The highest BCUT2D eigenvalue weighted by Crippen LogP contribution is 2.31. The zero-order valence-corrected chi connectivity index (χ0v) is 16.7. The van der Waals surface area contributed by atoms with Gasteiger partial charge in [-0.25, -0.2) is 8.78 Å². The Morgan fingerprint density at radius 2 is 1.89 bits per heavy atom. The molecular weight excluding hydrogens is 409 g/mol.